The molecule has 0 fully saturated rings. The molecule has 4 nitrogen and oxygen atoms in total. The van der Waals surface area contributed by atoms with Gasteiger partial charge in [-0.05, 0) is 29.8 Å². The van der Waals surface area contributed by atoms with Gasteiger partial charge >= 0.3 is 0 Å². The Morgan fingerprint density at radius 1 is 1.38 bits per heavy atom. The van der Waals surface area contributed by atoms with Crippen molar-refractivity contribution >= 4 is 37.1 Å². The Morgan fingerprint density at radius 3 is 2.23 bits per heavy atom. The SMILES string of the molecule is CC(C)(c1nnc(Br)s1)S(C)(=O)=O. The molecular weight excluding hydrogens is 276 g/mol. The quantitative estimate of drug-likeness (QED) is 0.827. The van der Waals surface area contributed by atoms with E-state index in [1.807, 2.05) is 0 Å². The molecule has 13 heavy (non-hydrogen) atoms. The molecule has 74 valence electrons. The third-order valence-corrected chi connectivity index (χ3v) is 5.70. The number of aromatic nitrogens is 2. The fourth-order valence-electron chi connectivity index (χ4n) is 0.607. The number of rotatable bonds is 2. The zero-order chi connectivity index (χ0) is 10.3. The van der Waals surface area contributed by atoms with Gasteiger partial charge in [0, 0.05) is 6.26 Å². The predicted molar refractivity (Wildman–Crippen MR) is 55.5 cm³/mol. The first-order chi connectivity index (χ1) is 5.75. The smallest absolute Gasteiger partial charge is 0.183 e. The molecule has 0 N–H and O–H groups in total. The van der Waals surface area contributed by atoms with E-state index < -0.39 is 14.6 Å². The fourth-order valence-corrected chi connectivity index (χ4v) is 2.65. The molecule has 0 atom stereocenters. The molecular formula is C6H9BrN2O2S2. The zero-order valence-corrected chi connectivity index (χ0v) is 10.6. The van der Waals surface area contributed by atoms with Crippen LogP contribution in [0.4, 0.5) is 0 Å². The summed E-state index contributed by atoms with van der Waals surface area (Å²) in [4.78, 5) is 0. The summed E-state index contributed by atoms with van der Waals surface area (Å²) in [6, 6.07) is 0. The number of nitrogens with zero attached hydrogens (tertiary/aromatic N) is 2. The van der Waals surface area contributed by atoms with Crippen molar-refractivity contribution in [1.29, 1.82) is 0 Å². The summed E-state index contributed by atoms with van der Waals surface area (Å²) in [5, 5.41) is 8.02. The lowest BCUT2D eigenvalue weighted by Gasteiger charge is -2.18. The molecule has 0 aromatic carbocycles. The summed E-state index contributed by atoms with van der Waals surface area (Å²) in [6.07, 6.45) is 1.20. The van der Waals surface area contributed by atoms with Crippen molar-refractivity contribution in [3.8, 4) is 0 Å². The fraction of sp³-hybridized carbons (Fsp3) is 0.667. The summed E-state index contributed by atoms with van der Waals surface area (Å²) >= 11 is 4.38. The molecule has 0 spiro atoms. The summed E-state index contributed by atoms with van der Waals surface area (Å²) in [5.41, 5.74) is 0. The number of hydrogen-bond acceptors (Lipinski definition) is 5. The highest BCUT2D eigenvalue weighted by Crippen LogP contribution is 2.32. The Morgan fingerprint density at radius 2 is 1.92 bits per heavy atom. The van der Waals surface area contributed by atoms with Gasteiger partial charge in [0.2, 0.25) is 0 Å². The monoisotopic (exact) mass is 284 g/mol. The standard InChI is InChI=1S/C6H9BrN2O2S2/c1-6(2,13(3,10)11)4-8-9-5(7)12-4/h1-3H3. The van der Waals surface area contributed by atoms with Crippen LogP contribution in [0.3, 0.4) is 0 Å². The van der Waals surface area contributed by atoms with Crippen LogP contribution in [0.1, 0.15) is 18.9 Å². The van der Waals surface area contributed by atoms with Crippen LogP contribution in [0.5, 0.6) is 0 Å². The predicted octanol–water partition coefficient (Wildman–Crippen LogP) is 1.58. The highest BCUT2D eigenvalue weighted by molar-refractivity contribution is 9.11. The summed E-state index contributed by atoms with van der Waals surface area (Å²) in [5.74, 6) is 0. The molecule has 0 unspecified atom stereocenters. The van der Waals surface area contributed by atoms with Crippen molar-refractivity contribution in [3.05, 3.63) is 8.92 Å². The van der Waals surface area contributed by atoms with Gasteiger partial charge in [-0.2, -0.15) is 0 Å². The van der Waals surface area contributed by atoms with Crippen LogP contribution in [0.25, 0.3) is 0 Å². The second-order valence-electron chi connectivity index (χ2n) is 3.14. The van der Waals surface area contributed by atoms with E-state index in [1.165, 1.54) is 17.6 Å². The van der Waals surface area contributed by atoms with Gasteiger partial charge in [0.25, 0.3) is 0 Å². The van der Waals surface area contributed by atoms with Gasteiger partial charge in [0.15, 0.2) is 13.8 Å². The molecule has 7 heteroatoms. The Labute approximate surface area is 89.4 Å². The van der Waals surface area contributed by atoms with Crippen molar-refractivity contribution in [2.75, 3.05) is 6.26 Å². The van der Waals surface area contributed by atoms with E-state index in [1.54, 1.807) is 13.8 Å². The minimum Gasteiger partial charge on any atom is -0.228 e. The lowest BCUT2D eigenvalue weighted by Crippen LogP contribution is -2.27. The third kappa shape index (κ3) is 2.08. The van der Waals surface area contributed by atoms with Crippen LogP contribution < -0.4 is 0 Å². The number of sulfone groups is 1. The van der Waals surface area contributed by atoms with Crippen molar-refractivity contribution in [3.63, 3.8) is 0 Å². The van der Waals surface area contributed by atoms with Gasteiger partial charge in [-0.1, -0.05) is 11.3 Å². The van der Waals surface area contributed by atoms with Crippen LogP contribution in [0.15, 0.2) is 3.92 Å². The molecule has 0 radical (unpaired) electrons. The van der Waals surface area contributed by atoms with Crippen molar-refractivity contribution in [2.24, 2.45) is 0 Å². The van der Waals surface area contributed by atoms with E-state index in [-0.39, 0.29) is 0 Å². The molecule has 0 saturated heterocycles. The van der Waals surface area contributed by atoms with Crippen molar-refractivity contribution < 1.29 is 8.42 Å². The van der Waals surface area contributed by atoms with Crippen LogP contribution in [-0.2, 0) is 14.6 Å². The van der Waals surface area contributed by atoms with Crippen molar-refractivity contribution in [2.45, 2.75) is 18.6 Å². The highest BCUT2D eigenvalue weighted by Gasteiger charge is 2.35. The highest BCUT2D eigenvalue weighted by atomic mass is 79.9. The van der Waals surface area contributed by atoms with Gasteiger partial charge < -0.3 is 0 Å². The van der Waals surface area contributed by atoms with E-state index in [0.717, 1.165) is 0 Å². The van der Waals surface area contributed by atoms with E-state index in [9.17, 15) is 8.42 Å². The largest absolute Gasteiger partial charge is 0.228 e. The van der Waals surface area contributed by atoms with Gasteiger partial charge in [-0.25, -0.2) is 8.42 Å². The first-order valence-electron chi connectivity index (χ1n) is 3.44. The van der Waals surface area contributed by atoms with Gasteiger partial charge in [-0.3, -0.25) is 0 Å². The third-order valence-electron chi connectivity index (χ3n) is 1.84. The van der Waals surface area contributed by atoms with Crippen LogP contribution in [0, 0.1) is 0 Å². The van der Waals surface area contributed by atoms with Gasteiger partial charge in [0.1, 0.15) is 9.75 Å². The van der Waals surface area contributed by atoms with Crippen LogP contribution in [-0.4, -0.2) is 24.9 Å². The van der Waals surface area contributed by atoms with Gasteiger partial charge in [0.05, 0.1) is 0 Å². The average Bonchev–Trinajstić information content (AvgIpc) is 2.33. The van der Waals surface area contributed by atoms with Crippen LogP contribution in [0.2, 0.25) is 0 Å². The maximum Gasteiger partial charge on any atom is 0.183 e. The van der Waals surface area contributed by atoms with E-state index in [4.69, 9.17) is 0 Å². The Balaban J connectivity index is 3.23. The van der Waals surface area contributed by atoms with E-state index >= 15 is 0 Å². The number of halogens is 1. The summed E-state index contributed by atoms with van der Waals surface area (Å²) < 4.78 is 22.4. The molecule has 0 bridgehead atoms. The zero-order valence-electron chi connectivity index (χ0n) is 7.41. The average molecular weight is 285 g/mol. The minimum atomic E-state index is -3.16. The van der Waals surface area contributed by atoms with Crippen molar-refractivity contribution in [1.82, 2.24) is 10.2 Å². The van der Waals surface area contributed by atoms with Crippen LogP contribution >= 0.6 is 27.3 Å². The first kappa shape index (κ1) is 11.1. The maximum absolute atomic E-state index is 11.4. The maximum atomic E-state index is 11.4. The molecule has 0 aliphatic rings. The van der Waals surface area contributed by atoms with E-state index in [0.29, 0.717) is 8.92 Å². The van der Waals surface area contributed by atoms with E-state index in [2.05, 4.69) is 26.1 Å². The van der Waals surface area contributed by atoms with Gasteiger partial charge in [-0.15, -0.1) is 10.2 Å². The Bertz CT molecular complexity index is 410. The molecule has 0 aliphatic carbocycles. The first-order valence-corrected chi connectivity index (χ1v) is 6.94. The molecule has 1 aromatic rings. The topological polar surface area (TPSA) is 59.9 Å². The number of hydrogen-bond donors (Lipinski definition) is 0. The molecule has 0 amide bonds. The normalized spacial score (nSPS) is 13.2. The second-order valence-corrected chi connectivity index (χ2v) is 7.96. The molecule has 1 heterocycles. The molecule has 0 aliphatic heterocycles. The Hall–Kier alpha value is -0.0100. The lowest BCUT2D eigenvalue weighted by atomic mass is 10.2. The summed E-state index contributed by atoms with van der Waals surface area (Å²) in [7, 11) is -3.16. The molecule has 1 aromatic heterocycles. The lowest BCUT2D eigenvalue weighted by molar-refractivity contribution is 0.559. The minimum absolute atomic E-state index is 0.502. The molecule has 1 rings (SSSR count). The second kappa shape index (κ2) is 3.29. The molecule has 0 saturated carbocycles. The Kier molecular flexibility index (Phi) is 2.80. The summed E-state index contributed by atoms with van der Waals surface area (Å²) in [6.45, 7) is 3.24.